The molecule has 0 spiro atoms. The number of carbonyl (C=O) groups is 1. The van der Waals surface area contributed by atoms with Crippen molar-refractivity contribution in [1.82, 2.24) is 20.6 Å². The van der Waals surface area contributed by atoms with Crippen LogP contribution in [0.15, 0.2) is 42.6 Å². The van der Waals surface area contributed by atoms with Gasteiger partial charge < -0.3 is 30.9 Å². The summed E-state index contributed by atoms with van der Waals surface area (Å²) in [4.78, 5) is 23.0. The molecule has 186 valence electrons. The number of halogens is 3. The Labute approximate surface area is 210 Å². The van der Waals surface area contributed by atoms with Crippen molar-refractivity contribution in [2.75, 3.05) is 28.6 Å². The summed E-state index contributed by atoms with van der Waals surface area (Å²) in [5, 5.41) is 12.5. The molecule has 0 unspecified atom stereocenters. The molecule has 3 aliphatic rings. The van der Waals surface area contributed by atoms with E-state index in [4.69, 9.17) is 16.3 Å². The first-order valence-electron chi connectivity index (χ1n) is 11.5. The average molecular weight is 514 g/mol. The number of nitrogens with one attached hydrogen (secondary N) is 4. The quantitative estimate of drug-likeness (QED) is 0.376. The van der Waals surface area contributed by atoms with E-state index in [9.17, 15) is 13.6 Å². The molecule has 3 aliphatic heterocycles. The van der Waals surface area contributed by atoms with E-state index in [0.717, 1.165) is 30.8 Å². The van der Waals surface area contributed by atoms with E-state index in [1.54, 1.807) is 18.2 Å². The van der Waals surface area contributed by atoms with E-state index < -0.39 is 6.61 Å². The smallest absolute Gasteiger partial charge is 0.387 e. The van der Waals surface area contributed by atoms with Crippen molar-refractivity contribution in [3.05, 3.63) is 58.7 Å². The van der Waals surface area contributed by atoms with Gasteiger partial charge in [0.15, 0.2) is 11.6 Å². The Morgan fingerprint density at radius 1 is 1.19 bits per heavy atom. The summed E-state index contributed by atoms with van der Waals surface area (Å²) >= 11 is 6.31. The molecule has 2 aromatic carbocycles. The highest BCUT2D eigenvalue weighted by molar-refractivity contribution is 6.33. The fourth-order valence-electron chi connectivity index (χ4n) is 5.01. The Hall–Kier alpha value is -3.70. The number of benzene rings is 2. The SMILES string of the molecule is O=C1NCc2cccc(Nc3nc(Nc4ccc(N5C[C@H]6C[C@@H]5CN6)cc4OC(F)F)ncc3Cl)c21. The lowest BCUT2D eigenvalue weighted by molar-refractivity contribution is -0.0493. The van der Waals surface area contributed by atoms with Gasteiger partial charge in [-0.05, 0) is 30.2 Å². The number of fused-ring (bicyclic) bond motifs is 3. The molecule has 0 aliphatic carbocycles. The molecule has 2 fully saturated rings. The van der Waals surface area contributed by atoms with E-state index in [0.29, 0.717) is 29.9 Å². The van der Waals surface area contributed by atoms with Crippen LogP contribution >= 0.6 is 11.6 Å². The van der Waals surface area contributed by atoms with Crippen LogP contribution < -0.4 is 30.9 Å². The molecular weight excluding hydrogens is 492 g/mol. The minimum atomic E-state index is -2.99. The molecule has 2 bridgehead atoms. The Balaban J connectivity index is 1.27. The number of anilines is 5. The molecule has 36 heavy (non-hydrogen) atoms. The second-order valence-electron chi connectivity index (χ2n) is 8.87. The first-order valence-corrected chi connectivity index (χ1v) is 11.9. The molecule has 4 heterocycles. The van der Waals surface area contributed by atoms with Gasteiger partial charge >= 0.3 is 6.61 Å². The van der Waals surface area contributed by atoms with Gasteiger partial charge in [-0.3, -0.25) is 4.79 Å². The highest BCUT2D eigenvalue weighted by Gasteiger charge is 2.37. The van der Waals surface area contributed by atoms with E-state index >= 15 is 0 Å². The molecule has 9 nitrogen and oxygen atoms in total. The minimum absolute atomic E-state index is 0.0103. The molecule has 2 atom stereocenters. The second kappa shape index (κ2) is 9.07. The molecule has 6 rings (SSSR count). The number of aromatic nitrogens is 2. The van der Waals surface area contributed by atoms with E-state index in [2.05, 4.69) is 36.1 Å². The summed E-state index contributed by atoms with van der Waals surface area (Å²) in [5.74, 6) is 0.183. The molecule has 2 saturated heterocycles. The van der Waals surface area contributed by atoms with Gasteiger partial charge in [0.25, 0.3) is 5.91 Å². The van der Waals surface area contributed by atoms with Gasteiger partial charge in [0.1, 0.15) is 5.02 Å². The Kier molecular flexibility index (Phi) is 5.73. The zero-order valence-corrected chi connectivity index (χ0v) is 19.6. The number of rotatable bonds is 7. The molecule has 1 amide bonds. The van der Waals surface area contributed by atoms with E-state index in [1.807, 2.05) is 18.2 Å². The van der Waals surface area contributed by atoms with Crippen LogP contribution in [0.25, 0.3) is 0 Å². The van der Waals surface area contributed by atoms with Crippen molar-refractivity contribution < 1.29 is 18.3 Å². The van der Waals surface area contributed by atoms with Gasteiger partial charge in [0, 0.05) is 43.5 Å². The van der Waals surface area contributed by atoms with Crippen LogP contribution in [0.4, 0.5) is 37.6 Å². The first kappa shape index (κ1) is 22.7. The third-order valence-corrected chi connectivity index (χ3v) is 6.91. The van der Waals surface area contributed by atoms with Gasteiger partial charge in [-0.1, -0.05) is 23.7 Å². The zero-order valence-electron chi connectivity index (χ0n) is 18.9. The third kappa shape index (κ3) is 4.24. The van der Waals surface area contributed by atoms with Crippen LogP contribution in [0.2, 0.25) is 5.02 Å². The summed E-state index contributed by atoms with van der Waals surface area (Å²) in [6.07, 6.45) is 2.42. The molecular formula is C24H22ClF2N7O2. The fraction of sp³-hybridized carbons (Fsp3) is 0.292. The van der Waals surface area contributed by atoms with Gasteiger partial charge in [-0.15, -0.1) is 0 Å². The summed E-state index contributed by atoms with van der Waals surface area (Å²) in [5.41, 5.74) is 3.05. The Morgan fingerprint density at radius 2 is 2.08 bits per heavy atom. The number of hydrogen-bond acceptors (Lipinski definition) is 8. The number of nitrogens with zero attached hydrogens (tertiary/aromatic N) is 3. The normalized spacial score (nSPS) is 20.0. The standard InChI is InChI=1S/C24H22ClF2N7O2/c25-16-10-30-24(33-21(16)31-18-3-1-2-12-8-29-22(35)20(12)18)32-17-5-4-14(7-19(17)36-23(26)27)34-11-13-6-15(34)9-28-13/h1-5,7,10,13,15,23,28H,6,8-9,11H2,(H,29,35)(H2,30,31,32,33)/t13-,15-/m1/s1. The molecule has 12 heteroatoms. The number of carbonyl (C=O) groups excluding carboxylic acids is 1. The molecule has 3 aromatic rings. The van der Waals surface area contributed by atoms with Crippen molar-refractivity contribution >= 4 is 46.3 Å². The topological polar surface area (TPSA) is 103 Å². The molecule has 0 radical (unpaired) electrons. The lowest BCUT2D eigenvalue weighted by Crippen LogP contribution is -2.43. The van der Waals surface area contributed by atoms with Gasteiger partial charge in [0.05, 0.1) is 23.1 Å². The predicted octanol–water partition coefficient (Wildman–Crippen LogP) is 4.01. The fourth-order valence-corrected chi connectivity index (χ4v) is 5.15. The number of alkyl halides is 2. The van der Waals surface area contributed by atoms with E-state index in [-0.39, 0.29) is 34.1 Å². The number of hydrogen-bond donors (Lipinski definition) is 4. The van der Waals surface area contributed by atoms with Crippen LogP contribution in [0, 0.1) is 0 Å². The van der Waals surface area contributed by atoms with Crippen LogP contribution in [0.5, 0.6) is 5.75 Å². The summed E-state index contributed by atoms with van der Waals surface area (Å²) in [6, 6.07) is 11.3. The highest BCUT2D eigenvalue weighted by atomic mass is 35.5. The largest absolute Gasteiger partial charge is 0.433 e. The maximum absolute atomic E-state index is 13.2. The minimum Gasteiger partial charge on any atom is -0.433 e. The number of amides is 1. The van der Waals surface area contributed by atoms with Crippen LogP contribution in [0.1, 0.15) is 22.3 Å². The van der Waals surface area contributed by atoms with Crippen molar-refractivity contribution in [2.24, 2.45) is 0 Å². The predicted molar refractivity (Wildman–Crippen MR) is 132 cm³/mol. The average Bonchev–Trinajstić information content (AvgIpc) is 3.59. The van der Waals surface area contributed by atoms with Crippen molar-refractivity contribution in [2.45, 2.75) is 31.7 Å². The summed E-state index contributed by atoms with van der Waals surface area (Å²) in [7, 11) is 0. The molecule has 0 saturated carbocycles. The van der Waals surface area contributed by atoms with Gasteiger partial charge in [0.2, 0.25) is 5.95 Å². The van der Waals surface area contributed by atoms with Crippen LogP contribution in [0.3, 0.4) is 0 Å². The van der Waals surface area contributed by atoms with Gasteiger partial charge in [-0.25, -0.2) is 4.98 Å². The van der Waals surface area contributed by atoms with Crippen molar-refractivity contribution in [1.29, 1.82) is 0 Å². The van der Waals surface area contributed by atoms with Gasteiger partial charge in [-0.2, -0.15) is 13.8 Å². The Bertz CT molecular complexity index is 1340. The maximum Gasteiger partial charge on any atom is 0.387 e. The molecule has 1 aromatic heterocycles. The maximum atomic E-state index is 13.2. The second-order valence-corrected chi connectivity index (χ2v) is 9.28. The highest BCUT2D eigenvalue weighted by Crippen LogP contribution is 2.37. The summed E-state index contributed by atoms with van der Waals surface area (Å²) < 4.78 is 31.3. The number of piperazine rings is 1. The first-order chi connectivity index (χ1) is 17.4. The molecule has 4 N–H and O–H groups in total. The van der Waals surface area contributed by atoms with E-state index in [1.165, 1.54) is 6.20 Å². The number of ether oxygens (including phenoxy) is 1. The third-order valence-electron chi connectivity index (χ3n) is 6.63. The zero-order chi connectivity index (χ0) is 24.8. The van der Waals surface area contributed by atoms with Crippen molar-refractivity contribution in [3.63, 3.8) is 0 Å². The Morgan fingerprint density at radius 3 is 2.86 bits per heavy atom. The lowest BCUT2D eigenvalue weighted by atomic mass is 10.1. The lowest BCUT2D eigenvalue weighted by Gasteiger charge is -2.30. The monoisotopic (exact) mass is 513 g/mol. The summed E-state index contributed by atoms with van der Waals surface area (Å²) in [6.45, 7) is -0.850. The van der Waals surface area contributed by atoms with Crippen LogP contribution in [-0.4, -0.2) is 47.7 Å². The van der Waals surface area contributed by atoms with Crippen molar-refractivity contribution in [3.8, 4) is 5.75 Å². The van der Waals surface area contributed by atoms with Crippen LogP contribution in [-0.2, 0) is 6.54 Å².